The Bertz CT molecular complexity index is 464. The maximum absolute atomic E-state index is 12.7. The molecule has 3 nitrogen and oxygen atoms in total. The largest absolute Gasteiger partial charge is 0.342 e. The van der Waals surface area contributed by atoms with E-state index in [-0.39, 0.29) is 17.2 Å². The van der Waals surface area contributed by atoms with E-state index in [0.717, 1.165) is 25.9 Å². The summed E-state index contributed by atoms with van der Waals surface area (Å²) in [5.41, 5.74) is 7.32. The Kier molecular flexibility index (Phi) is 5.04. The fourth-order valence-corrected chi connectivity index (χ4v) is 3.23. The van der Waals surface area contributed by atoms with E-state index in [2.05, 4.69) is 45.0 Å². The van der Waals surface area contributed by atoms with E-state index in [1.165, 1.54) is 5.56 Å². The number of amides is 1. The van der Waals surface area contributed by atoms with Crippen molar-refractivity contribution in [2.75, 3.05) is 19.6 Å². The molecule has 1 aliphatic heterocycles. The van der Waals surface area contributed by atoms with Crippen LogP contribution in [0.1, 0.15) is 45.1 Å². The molecule has 1 aromatic rings. The molecular weight excluding hydrogens is 260 g/mol. The van der Waals surface area contributed by atoms with E-state index in [1.54, 1.807) is 0 Å². The number of hydrogen-bond acceptors (Lipinski definition) is 2. The van der Waals surface area contributed by atoms with Crippen LogP contribution in [-0.2, 0) is 4.79 Å². The first-order valence-corrected chi connectivity index (χ1v) is 7.94. The number of rotatable bonds is 4. The molecular formula is C18H28N2O. The van der Waals surface area contributed by atoms with E-state index >= 15 is 0 Å². The standard InChI is InChI=1S/C18H28N2O/c1-18(2,3)11-16(12-19)17(21)20-10-9-15(13-20)14-7-5-4-6-8-14/h4-8,15-16H,9-13,19H2,1-3H3. The highest BCUT2D eigenvalue weighted by Gasteiger charge is 2.32. The summed E-state index contributed by atoms with van der Waals surface area (Å²) in [6, 6.07) is 10.5. The number of hydrogen-bond donors (Lipinski definition) is 1. The normalized spacial score (nSPS) is 20.6. The van der Waals surface area contributed by atoms with Crippen molar-refractivity contribution in [3.63, 3.8) is 0 Å². The van der Waals surface area contributed by atoms with Gasteiger partial charge in [0.05, 0.1) is 5.92 Å². The quantitative estimate of drug-likeness (QED) is 0.925. The van der Waals surface area contributed by atoms with Crippen LogP contribution >= 0.6 is 0 Å². The van der Waals surface area contributed by atoms with Gasteiger partial charge in [0.2, 0.25) is 5.91 Å². The van der Waals surface area contributed by atoms with Crippen LogP contribution < -0.4 is 5.73 Å². The third kappa shape index (κ3) is 4.31. The van der Waals surface area contributed by atoms with Crippen LogP contribution in [0.2, 0.25) is 0 Å². The third-order valence-corrected chi connectivity index (χ3v) is 4.26. The van der Waals surface area contributed by atoms with Crippen molar-refractivity contribution >= 4 is 5.91 Å². The summed E-state index contributed by atoms with van der Waals surface area (Å²) in [6.45, 7) is 8.64. The van der Waals surface area contributed by atoms with E-state index in [9.17, 15) is 4.79 Å². The highest BCUT2D eigenvalue weighted by atomic mass is 16.2. The summed E-state index contributed by atoms with van der Waals surface area (Å²) in [6.07, 6.45) is 1.91. The van der Waals surface area contributed by atoms with Gasteiger partial charge in [-0.2, -0.15) is 0 Å². The molecule has 0 bridgehead atoms. The van der Waals surface area contributed by atoms with Crippen LogP contribution in [0.25, 0.3) is 0 Å². The Hall–Kier alpha value is -1.35. The molecule has 0 saturated carbocycles. The van der Waals surface area contributed by atoms with Gasteiger partial charge in [-0.15, -0.1) is 0 Å². The molecule has 2 rings (SSSR count). The lowest BCUT2D eigenvalue weighted by atomic mass is 9.84. The van der Waals surface area contributed by atoms with Crippen LogP contribution in [-0.4, -0.2) is 30.4 Å². The summed E-state index contributed by atoms with van der Waals surface area (Å²) in [5.74, 6) is 0.675. The molecule has 1 fully saturated rings. The Labute approximate surface area is 128 Å². The molecule has 2 unspecified atom stereocenters. The fourth-order valence-electron chi connectivity index (χ4n) is 3.23. The molecule has 1 aromatic carbocycles. The summed E-state index contributed by atoms with van der Waals surface area (Å²) in [4.78, 5) is 14.7. The number of nitrogens with two attached hydrogens (primary N) is 1. The molecule has 1 heterocycles. The third-order valence-electron chi connectivity index (χ3n) is 4.26. The zero-order valence-corrected chi connectivity index (χ0v) is 13.5. The van der Waals surface area contributed by atoms with E-state index in [1.807, 2.05) is 11.0 Å². The minimum Gasteiger partial charge on any atom is -0.342 e. The number of carbonyl (C=O) groups excluding carboxylic acids is 1. The summed E-state index contributed by atoms with van der Waals surface area (Å²) in [7, 11) is 0. The van der Waals surface area contributed by atoms with Gasteiger partial charge in [0.15, 0.2) is 0 Å². The van der Waals surface area contributed by atoms with Crippen molar-refractivity contribution in [2.45, 2.75) is 39.5 Å². The number of benzene rings is 1. The van der Waals surface area contributed by atoms with Crippen molar-refractivity contribution < 1.29 is 4.79 Å². The summed E-state index contributed by atoms with van der Waals surface area (Å²) >= 11 is 0. The molecule has 1 aliphatic rings. The Morgan fingerprint density at radius 3 is 2.57 bits per heavy atom. The van der Waals surface area contributed by atoms with Crippen LogP contribution in [0.3, 0.4) is 0 Å². The average Bonchev–Trinajstić information content (AvgIpc) is 2.94. The molecule has 0 aromatic heterocycles. The molecule has 2 atom stereocenters. The highest BCUT2D eigenvalue weighted by Crippen LogP contribution is 2.30. The van der Waals surface area contributed by atoms with Crippen molar-refractivity contribution in [1.82, 2.24) is 4.90 Å². The van der Waals surface area contributed by atoms with Crippen LogP contribution in [0.5, 0.6) is 0 Å². The van der Waals surface area contributed by atoms with Gasteiger partial charge in [0.1, 0.15) is 0 Å². The molecule has 1 saturated heterocycles. The zero-order chi connectivity index (χ0) is 15.5. The van der Waals surface area contributed by atoms with E-state index < -0.39 is 0 Å². The van der Waals surface area contributed by atoms with Crippen molar-refractivity contribution in [3.05, 3.63) is 35.9 Å². The Morgan fingerprint density at radius 1 is 1.33 bits per heavy atom. The lowest BCUT2D eigenvalue weighted by molar-refractivity contribution is -0.135. The molecule has 21 heavy (non-hydrogen) atoms. The van der Waals surface area contributed by atoms with Gasteiger partial charge in [-0.1, -0.05) is 51.1 Å². The van der Waals surface area contributed by atoms with Crippen LogP contribution in [0.4, 0.5) is 0 Å². The maximum Gasteiger partial charge on any atom is 0.226 e. The second-order valence-corrected chi connectivity index (χ2v) is 7.38. The van der Waals surface area contributed by atoms with Gasteiger partial charge in [-0.05, 0) is 23.8 Å². The number of likely N-dealkylation sites (tertiary alicyclic amines) is 1. The second-order valence-electron chi connectivity index (χ2n) is 7.38. The molecule has 0 spiro atoms. The van der Waals surface area contributed by atoms with Crippen molar-refractivity contribution in [3.8, 4) is 0 Å². The number of carbonyl (C=O) groups is 1. The Morgan fingerprint density at radius 2 is 2.00 bits per heavy atom. The summed E-state index contributed by atoms with van der Waals surface area (Å²) < 4.78 is 0. The number of nitrogens with zero attached hydrogens (tertiary/aromatic N) is 1. The first-order chi connectivity index (χ1) is 9.90. The minimum atomic E-state index is -0.0421. The van der Waals surface area contributed by atoms with Gasteiger partial charge in [-0.3, -0.25) is 4.79 Å². The van der Waals surface area contributed by atoms with Crippen LogP contribution in [0.15, 0.2) is 30.3 Å². The lowest BCUT2D eigenvalue weighted by Gasteiger charge is -2.28. The molecule has 3 heteroatoms. The molecule has 2 N–H and O–H groups in total. The van der Waals surface area contributed by atoms with Gasteiger partial charge < -0.3 is 10.6 Å². The highest BCUT2D eigenvalue weighted by molar-refractivity contribution is 5.79. The molecule has 116 valence electrons. The Balaban J connectivity index is 1.98. The SMILES string of the molecule is CC(C)(C)CC(CN)C(=O)N1CCC(c2ccccc2)C1. The first-order valence-electron chi connectivity index (χ1n) is 7.94. The smallest absolute Gasteiger partial charge is 0.226 e. The predicted octanol–water partition coefficient (Wildman–Crippen LogP) is 3.01. The summed E-state index contributed by atoms with van der Waals surface area (Å²) in [5, 5.41) is 0. The average molecular weight is 288 g/mol. The van der Waals surface area contributed by atoms with Gasteiger partial charge >= 0.3 is 0 Å². The first kappa shape index (κ1) is 16.0. The van der Waals surface area contributed by atoms with Crippen LogP contribution in [0, 0.1) is 11.3 Å². The maximum atomic E-state index is 12.7. The molecule has 0 aliphatic carbocycles. The topological polar surface area (TPSA) is 46.3 Å². The molecule has 1 amide bonds. The van der Waals surface area contributed by atoms with Gasteiger partial charge in [-0.25, -0.2) is 0 Å². The van der Waals surface area contributed by atoms with E-state index in [4.69, 9.17) is 5.73 Å². The van der Waals surface area contributed by atoms with Gasteiger partial charge in [0, 0.05) is 25.6 Å². The van der Waals surface area contributed by atoms with Crippen molar-refractivity contribution in [1.29, 1.82) is 0 Å². The zero-order valence-electron chi connectivity index (χ0n) is 13.5. The van der Waals surface area contributed by atoms with E-state index in [0.29, 0.717) is 12.5 Å². The fraction of sp³-hybridized carbons (Fsp3) is 0.611. The monoisotopic (exact) mass is 288 g/mol. The lowest BCUT2D eigenvalue weighted by Crippen LogP contribution is -2.39. The van der Waals surface area contributed by atoms with Gasteiger partial charge in [0.25, 0.3) is 0 Å². The predicted molar refractivity (Wildman–Crippen MR) is 87.0 cm³/mol. The van der Waals surface area contributed by atoms with Crippen molar-refractivity contribution in [2.24, 2.45) is 17.1 Å². The molecule has 0 radical (unpaired) electrons. The minimum absolute atomic E-state index is 0.0421. The second kappa shape index (κ2) is 6.61.